The van der Waals surface area contributed by atoms with E-state index in [1.165, 1.54) is 10.9 Å². The zero-order valence-corrected chi connectivity index (χ0v) is 13.9. The van der Waals surface area contributed by atoms with Crippen molar-refractivity contribution in [2.24, 2.45) is 0 Å². The molecule has 2 heterocycles. The average Bonchev–Trinajstić information content (AvgIpc) is 2.44. The minimum absolute atomic E-state index is 0.232. The molecule has 1 amide bonds. The van der Waals surface area contributed by atoms with E-state index in [1.807, 2.05) is 51.2 Å². The van der Waals surface area contributed by atoms with Gasteiger partial charge in [0.1, 0.15) is 5.60 Å². The second kappa shape index (κ2) is 6.16. The predicted molar refractivity (Wildman–Crippen MR) is 90.2 cm³/mol. The SMILES string of the molecule is CC(C)(C)OC(=O)N1CC(NCc2ccnc3ccccc23)C1. The predicted octanol–water partition coefficient (Wildman–Crippen LogP) is 2.94. The van der Waals surface area contributed by atoms with Gasteiger partial charge in [-0.2, -0.15) is 0 Å². The minimum Gasteiger partial charge on any atom is -0.444 e. The van der Waals surface area contributed by atoms with Gasteiger partial charge in [0.2, 0.25) is 0 Å². The lowest BCUT2D eigenvalue weighted by Crippen LogP contribution is -2.60. The van der Waals surface area contributed by atoms with Crippen molar-refractivity contribution in [3.63, 3.8) is 0 Å². The van der Waals surface area contributed by atoms with Crippen LogP contribution in [0, 0.1) is 0 Å². The van der Waals surface area contributed by atoms with Crippen LogP contribution in [0.1, 0.15) is 26.3 Å². The number of hydrogen-bond donors (Lipinski definition) is 1. The first-order valence-electron chi connectivity index (χ1n) is 7.96. The summed E-state index contributed by atoms with van der Waals surface area (Å²) in [6, 6.07) is 10.5. The Balaban J connectivity index is 1.52. The molecule has 5 nitrogen and oxygen atoms in total. The number of pyridine rings is 1. The van der Waals surface area contributed by atoms with Gasteiger partial charge in [0, 0.05) is 37.3 Å². The number of ether oxygens (including phenoxy) is 1. The highest BCUT2D eigenvalue weighted by atomic mass is 16.6. The van der Waals surface area contributed by atoms with Crippen molar-refractivity contribution < 1.29 is 9.53 Å². The molecule has 122 valence electrons. The van der Waals surface area contributed by atoms with Crippen LogP contribution in [0.4, 0.5) is 4.79 Å². The highest BCUT2D eigenvalue weighted by Crippen LogP contribution is 2.18. The number of carbonyl (C=O) groups excluding carboxylic acids is 1. The Bertz CT molecular complexity index is 697. The molecule has 1 aromatic carbocycles. The second-order valence-corrected chi connectivity index (χ2v) is 6.95. The van der Waals surface area contributed by atoms with E-state index in [0.717, 1.165) is 12.1 Å². The van der Waals surface area contributed by atoms with E-state index in [0.29, 0.717) is 19.1 Å². The number of aromatic nitrogens is 1. The van der Waals surface area contributed by atoms with Crippen molar-refractivity contribution >= 4 is 17.0 Å². The van der Waals surface area contributed by atoms with E-state index in [-0.39, 0.29) is 6.09 Å². The zero-order chi connectivity index (χ0) is 16.4. The summed E-state index contributed by atoms with van der Waals surface area (Å²) in [6.07, 6.45) is 1.61. The number of hydrogen-bond acceptors (Lipinski definition) is 4. The van der Waals surface area contributed by atoms with Crippen molar-refractivity contribution in [3.05, 3.63) is 42.1 Å². The Morgan fingerprint density at radius 2 is 2.04 bits per heavy atom. The number of rotatable bonds is 3. The van der Waals surface area contributed by atoms with Gasteiger partial charge in [-0.25, -0.2) is 4.79 Å². The Hall–Kier alpha value is -2.14. The van der Waals surface area contributed by atoms with Crippen molar-refractivity contribution in [1.29, 1.82) is 0 Å². The molecule has 0 spiro atoms. The van der Waals surface area contributed by atoms with E-state index < -0.39 is 5.60 Å². The summed E-state index contributed by atoms with van der Waals surface area (Å²) in [5.41, 5.74) is 1.80. The third kappa shape index (κ3) is 3.79. The fourth-order valence-electron chi connectivity index (χ4n) is 2.65. The molecule has 0 aliphatic carbocycles. The maximum absolute atomic E-state index is 11.9. The molecule has 0 bridgehead atoms. The second-order valence-electron chi connectivity index (χ2n) is 6.95. The van der Waals surface area contributed by atoms with Crippen LogP contribution in [-0.2, 0) is 11.3 Å². The number of benzene rings is 1. The van der Waals surface area contributed by atoms with E-state index in [4.69, 9.17) is 4.74 Å². The first kappa shape index (κ1) is 15.7. The third-order valence-electron chi connectivity index (χ3n) is 3.85. The molecular weight excluding hydrogens is 290 g/mol. The van der Waals surface area contributed by atoms with Crippen LogP contribution in [-0.4, -0.2) is 40.7 Å². The third-order valence-corrected chi connectivity index (χ3v) is 3.85. The van der Waals surface area contributed by atoms with Gasteiger partial charge >= 0.3 is 6.09 Å². The van der Waals surface area contributed by atoms with Crippen molar-refractivity contribution in [3.8, 4) is 0 Å². The Morgan fingerprint density at radius 3 is 2.78 bits per heavy atom. The first-order valence-corrected chi connectivity index (χ1v) is 7.96. The van der Waals surface area contributed by atoms with Gasteiger partial charge in [0.25, 0.3) is 0 Å². The van der Waals surface area contributed by atoms with E-state index in [1.54, 1.807) is 4.90 Å². The summed E-state index contributed by atoms with van der Waals surface area (Å²) >= 11 is 0. The van der Waals surface area contributed by atoms with Crippen molar-refractivity contribution in [2.45, 2.75) is 39.0 Å². The Kier molecular flexibility index (Phi) is 4.22. The topological polar surface area (TPSA) is 54.5 Å². The molecule has 23 heavy (non-hydrogen) atoms. The maximum Gasteiger partial charge on any atom is 0.410 e. The number of carbonyl (C=O) groups is 1. The molecule has 0 unspecified atom stereocenters. The monoisotopic (exact) mass is 313 g/mol. The molecule has 1 fully saturated rings. The normalized spacial score (nSPS) is 15.5. The van der Waals surface area contributed by atoms with Gasteiger partial charge in [-0.05, 0) is 38.5 Å². The molecule has 1 N–H and O–H groups in total. The molecule has 2 aromatic rings. The van der Waals surface area contributed by atoms with E-state index >= 15 is 0 Å². The standard InChI is InChI=1S/C18H23N3O2/c1-18(2,3)23-17(22)21-11-14(12-21)20-10-13-8-9-19-16-7-5-4-6-15(13)16/h4-9,14,20H,10-12H2,1-3H3. The van der Waals surface area contributed by atoms with Gasteiger partial charge in [-0.15, -0.1) is 0 Å². The lowest BCUT2D eigenvalue weighted by atomic mass is 10.1. The number of para-hydroxylation sites is 1. The Morgan fingerprint density at radius 1 is 1.30 bits per heavy atom. The van der Waals surface area contributed by atoms with Gasteiger partial charge < -0.3 is 15.0 Å². The molecule has 1 saturated heterocycles. The molecule has 0 atom stereocenters. The number of fused-ring (bicyclic) bond motifs is 1. The number of likely N-dealkylation sites (tertiary alicyclic amines) is 1. The van der Waals surface area contributed by atoms with Crippen LogP contribution in [0.15, 0.2) is 36.5 Å². The van der Waals surface area contributed by atoms with Crippen LogP contribution in [0.2, 0.25) is 0 Å². The van der Waals surface area contributed by atoms with E-state index in [9.17, 15) is 4.79 Å². The maximum atomic E-state index is 11.9. The smallest absolute Gasteiger partial charge is 0.410 e. The molecule has 1 aliphatic rings. The first-order chi connectivity index (χ1) is 10.9. The lowest BCUT2D eigenvalue weighted by Gasteiger charge is -2.40. The van der Waals surface area contributed by atoms with Gasteiger partial charge in [0.05, 0.1) is 5.52 Å². The number of amides is 1. The highest BCUT2D eigenvalue weighted by Gasteiger charge is 2.33. The van der Waals surface area contributed by atoms with Crippen LogP contribution in [0.3, 0.4) is 0 Å². The molecule has 3 rings (SSSR count). The van der Waals surface area contributed by atoms with E-state index in [2.05, 4.69) is 16.4 Å². The molecule has 5 heteroatoms. The molecule has 0 saturated carbocycles. The summed E-state index contributed by atoms with van der Waals surface area (Å²) < 4.78 is 5.36. The lowest BCUT2D eigenvalue weighted by molar-refractivity contribution is 0.00519. The summed E-state index contributed by atoms with van der Waals surface area (Å²) in [6.45, 7) is 7.81. The average molecular weight is 313 g/mol. The Labute approximate surface area is 136 Å². The summed E-state index contributed by atoms with van der Waals surface area (Å²) in [5, 5.41) is 4.67. The number of nitrogens with zero attached hydrogens (tertiary/aromatic N) is 2. The van der Waals surface area contributed by atoms with Crippen molar-refractivity contribution in [1.82, 2.24) is 15.2 Å². The quantitative estimate of drug-likeness (QED) is 0.946. The summed E-state index contributed by atoms with van der Waals surface area (Å²) in [4.78, 5) is 18.0. The van der Waals surface area contributed by atoms with Gasteiger partial charge in [-0.3, -0.25) is 4.98 Å². The molecule has 1 aromatic heterocycles. The van der Waals surface area contributed by atoms with Gasteiger partial charge in [-0.1, -0.05) is 18.2 Å². The number of nitrogens with one attached hydrogen (secondary N) is 1. The highest BCUT2D eigenvalue weighted by molar-refractivity contribution is 5.81. The molecule has 0 radical (unpaired) electrons. The van der Waals surface area contributed by atoms with Crippen molar-refractivity contribution in [2.75, 3.05) is 13.1 Å². The van der Waals surface area contributed by atoms with Crippen LogP contribution in [0.25, 0.3) is 10.9 Å². The minimum atomic E-state index is -0.439. The largest absolute Gasteiger partial charge is 0.444 e. The molecular formula is C18H23N3O2. The fourth-order valence-corrected chi connectivity index (χ4v) is 2.65. The fraction of sp³-hybridized carbons (Fsp3) is 0.444. The molecule has 1 aliphatic heterocycles. The summed E-state index contributed by atoms with van der Waals surface area (Å²) in [7, 11) is 0. The zero-order valence-electron chi connectivity index (χ0n) is 13.9. The summed E-state index contributed by atoms with van der Waals surface area (Å²) in [5.74, 6) is 0. The van der Waals surface area contributed by atoms with Crippen LogP contribution >= 0.6 is 0 Å². The van der Waals surface area contributed by atoms with Crippen LogP contribution in [0.5, 0.6) is 0 Å². The van der Waals surface area contributed by atoms with Gasteiger partial charge in [0.15, 0.2) is 0 Å². The van der Waals surface area contributed by atoms with Crippen LogP contribution < -0.4 is 5.32 Å².